The lowest BCUT2D eigenvalue weighted by Gasteiger charge is -2.19. The maximum atomic E-state index is 13.4. The number of ether oxygens (including phenoxy) is 3. The second-order valence-corrected chi connectivity index (χ2v) is 14.6. The maximum Gasteiger partial charge on any atom is 0.442 e. The van der Waals surface area contributed by atoms with Gasteiger partial charge in [0.2, 0.25) is 0 Å². The highest BCUT2D eigenvalue weighted by molar-refractivity contribution is 7.93. The van der Waals surface area contributed by atoms with Crippen molar-refractivity contribution in [3.8, 4) is 28.1 Å². The summed E-state index contributed by atoms with van der Waals surface area (Å²) in [5, 5.41) is 0. The van der Waals surface area contributed by atoms with Gasteiger partial charge in [-0.25, -0.2) is 23.3 Å². The first-order chi connectivity index (χ1) is 22.5. The number of carbonyl (C=O) groups excluding carboxylic acids is 2. The van der Waals surface area contributed by atoms with Crippen LogP contribution in [0.1, 0.15) is 43.4 Å². The second-order valence-electron chi connectivity index (χ2n) is 12.3. The van der Waals surface area contributed by atoms with Gasteiger partial charge in [-0.05, 0) is 85.0 Å². The molecule has 1 aliphatic carbocycles. The van der Waals surface area contributed by atoms with E-state index < -0.39 is 27.5 Å². The zero-order chi connectivity index (χ0) is 33.2. The van der Waals surface area contributed by atoms with Crippen molar-refractivity contribution in [2.24, 2.45) is 4.36 Å². The molecule has 6 rings (SSSR count). The molecule has 0 bridgehead atoms. The average Bonchev–Trinajstić information content (AvgIpc) is 3.66. The SMILES string of the molecule is CC(C)(C)OC(=O)n1cnc(-c2ccc(OCc3ccc(S(C)(=O)=NC(=O)OCC4c5ccccc5-c5ccccc54)cc3)cc2)c1. The highest BCUT2D eigenvalue weighted by Crippen LogP contribution is 2.44. The first kappa shape index (κ1) is 31.7. The van der Waals surface area contributed by atoms with Gasteiger partial charge in [0.05, 0.1) is 15.4 Å². The Labute approximate surface area is 274 Å². The third-order valence-electron chi connectivity index (χ3n) is 7.69. The van der Waals surface area contributed by atoms with E-state index in [4.69, 9.17) is 14.2 Å². The standard InChI is InChI=1S/C37H35N3O6S/c1-37(2,3)46-36(42)40-21-34(38-24-40)26-15-17-27(18-16-26)44-22-25-13-19-28(20-14-25)47(4,43)39-35(41)45-23-33-31-11-7-5-9-29(31)30-10-6-8-12-32(30)33/h5-21,24,33H,22-23H2,1-4H3. The number of fused-ring (bicyclic) bond motifs is 3. The molecule has 0 radical (unpaired) electrons. The van der Waals surface area contributed by atoms with Crippen LogP contribution in [-0.4, -0.2) is 44.4 Å². The summed E-state index contributed by atoms with van der Waals surface area (Å²) >= 11 is 0. The molecule has 0 aliphatic heterocycles. The molecule has 1 aliphatic rings. The van der Waals surface area contributed by atoms with Crippen molar-refractivity contribution in [2.75, 3.05) is 12.9 Å². The highest BCUT2D eigenvalue weighted by Gasteiger charge is 2.29. The second kappa shape index (κ2) is 12.9. The van der Waals surface area contributed by atoms with Crippen LogP contribution < -0.4 is 4.74 Å². The normalized spacial score (nSPS) is 13.6. The van der Waals surface area contributed by atoms with Crippen LogP contribution >= 0.6 is 0 Å². The van der Waals surface area contributed by atoms with E-state index in [1.54, 1.807) is 30.5 Å². The quantitative estimate of drug-likeness (QED) is 0.174. The lowest BCUT2D eigenvalue weighted by molar-refractivity contribution is 0.0536. The zero-order valence-electron chi connectivity index (χ0n) is 26.6. The number of hydrogen-bond donors (Lipinski definition) is 0. The molecule has 1 atom stereocenters. The minimum Gasteiger partial charge on any atom is -0.489 e. The van der Waals surface area contributed by atoms with E-state index in [2.05, 4.69) is 21.5 Å². The Morgan fingerprint density at radius 1 is 0.872 bits per heavy atom. The molecule has 0 N–H and O–H groups in total. The van der Waals surface area contributed by atoms with E-state index >= 15 is 0 Å². The number of carbonyl (C=O) groups is 2. The minimum absolute atomic E-state index is 0.104. The smallest absolute Gasteiger partial charge is 0.442 e. The van der Waals surface area contributed by atoms with Crippen molar-refractivity contribution in [1.82, 2.24) is 9.55 Å². The summed E-state index contributed by atoms with van der Waals surface area (Å²) in [6.07, 6.45) is 3.13. The molecule has 0 saturated heterocycles. The number of aromatic nitrogens is 2. The molecule has 0 saturated carbocycles. The predicted molar refractivity (Wildman–Crippen MR) is 180 cm³/mol. The number of nitrogens with zero attached hydrogens (tertiary/aromatic N) is 3. The van der Waals surface area contributed by atoms with Crippen molar-refractivity contribution in [2.45, 2.75) is 43.8 Å². The fourth-order valence-electron chi connectivity index (χ4n) is 5.43. The summed E-state index contributed by atoms with van der Waals surface area (Å²) in [7, 11) is -3.03. The van der Waals surface area contributed by atoms with Crippen LogP contribution in [0.4, 0.5) is 9.59 Å². The average molecular weight is 650 g/mol. The first-order valence-electron chi connectivity index (χ1n) is 15.1. The van der Waals surface area contributed by atoms with Crippen LogP contribution in [0.25, 0.3) is 22.4 Å². The van der Waals surface area contributed by atoms with E-state index in [9.17, 15) is 13.8 Å². The number of benzene rings is 4. The van der Waals surface area contributed by atoms with Gasteiger partial charge < -0.3 is 14.2 Å². The van der Waals surface area contributed by atoms with Gasteiger partial charge in [-0.1, -0.05) is 60.7 Å². The number of amides is 1. The Balaban J connectivity index is 1.04. The molecule has 47 heavy (non-hydrogen) atoms. The first-order valence-corrected chi connectivity index (χ1v) is 17.1. The van der Waals surface area contributed by atoms with Crippen molar-refractivity contribution in [3.05, 3.63) is 126 Å². The predicted octanol–water partition coefficient (Wildman–Crippen LogP) is 8.32. The number of rotatable bonds is 7. The summed E-state index contributed by atoms with van der Waals surface area (Å²) in [4.78, 5) is 29.7. The summed E-state index contributed by atoms with van der Waals surface area (Å²) in [6.45, 7) is 5.81. The van der Waals surface area contributed by atoms with Gasteiger partial charge in [-0.2, -0.15) is 0 Å². The van der Waals surface area contributed by atoms with E-state index in [0.29, 0.717) is 16.3 Å². The number of imidazole rings is 1. The fourth-order valence-corrected chi connectivity index (χ4v) is 6.51. The minimum atomic E-state index is -3.03. The highest BCUT2D eigenvalue weighted by atomic mass is 32.2. The maximum absolute atomic E-state index is 13.4. The van der Waals surface area contributed by atoms with Crippen LogP contribution in [0.3, 0.4) is 0 Å². The monoisotopic (exact) mass is 649 g/mol. The van der Waals surface area contributed by atoms with Gasteiger partial charge in [0.1, 0.15) is 30.9 Å². The Morgan fingerprint density at radius 2 is 1.49 bits per heavy atom. The lowest BCUT2D eigenvalue weighted by Crippen LogP contribution is -2.26. The van der Waals surface area contributed by atoms with Crippen molar-refractivity contribution >= 4 is 21.9 Å². The Kier molecular flexibility index (Phi) is 8.70. The molecule has 0 spiro atoms. The van der Waals surface area contributed by atoms with E-state index in [0.717, 1.165) is 33.4 Å². The van der Waals surface area contributed by atoms with Gasteiger partial charge in [-0.15, -0.1) is 4.36 Å². The molecule has 240 valence electrons. The molecular weight excluding hydrogens is 614 g/mol. The molecule has 10 heteroatoms. The molecule has 1 aromatic heterocycles. The molecule has 9 nitrogen and oxygen atoms in total. The molecular formula is C37H35N3O6S. The van der Waals surface area contributed by atoms with Gasteiger partial charge in [0.25, 0.3) is 0 Å². The van der Waals surface area contributed by atoms with Crippen LogP contribution in [0.5, 0.6) is 5.75 Å². The van der Waals surface area contributed by atoms with Gasteiger partial charge in [0, 0.05) is 28.8 Å². The Bertz CT molecular complexity index is 2010. The zero-order valence-corrected chi connectivity index (χ0v) is 27.4. The largest absolute Gasteiger partial charge is 0.489 e. The summed E-state index contributed by atoms with van der Waals surface area (Å²) < 4.78 is 35.5. The summed E-state index contributed by atoms with van der Waals surface area (Å²) in [6, 6.07) is 30.5. The van der Waals surface area contributed by atoms with Crippen molar-refractivity contribution in [1.29, 1.82) is 0 Å². The van der Waals surface area contributed by atoms with E-state index in [1.165, 1.54) is 17.2 Å². The Hall–Kier alpha value is -5.22. The van der Waals surface area contributed by atoms with Crippen molar-refractivity contribution in [3.63, 3.8) is 0 Å². The Morgan fingerprint density at radius 3 is 2.11 bits per heavy atom. The van der Waals surface area contributed by atoms with Gasteiger partial charge in [0.15, 0.2) is 0 Å². The van der Waals surface area contributed by atoms with Crippen LogP contribution in [0.2, 0.25) is 0 Å². The summed E-state index contributed by atoms with van der Waals surface area (Å²) in [5.41, 5.74) is 6.16. The van der Waals surface area contributed by atoms with Gasteiger partial charge >= 0.3 is 12.2 Å². The summed E-state index contributed by atoms with van der Waals surface area (Å²) in [5.74, 6) is 0.543. The topological polar surface area (TPSA) is 109 Å². The van der Waals surface area contributed by atoms with Crippen LogP contribution in [0, 0.1) is 0 Å². The van der Waals surface area contributed by atoms with Gasteiger partial charge in [-0.3, -0.25) is 0 Å². The molecule has 1 amide bonds. The number of hydrogen-bond acceptors (Lipinski definition) is 7. The molecule has 0 fully saturated rings. The van der Waals surface area contributed by atoms with Crippen LogP contribution in [0.15, 0.2) is 119 Å². The molecule has 4 aromatic carbocycles. The third kappa shape index (κ3) is 7.28. The third-order valence-corrected chi connectivity index (χ3v) is 9.33. The van der Waals surface area contributed by atoms with E-state index in [1.807, 2.05) is 81.4 Å². The van der Waals surface area contributed by atoms with E-state index in [-0.39, 0.29) is 19.1 Å². The molecule has 1 heterocycles. The molecule has 5 aromatic rings. The molecule has 1 unspecified atom stereocenters. The lowest BCUT2D eigenvalue weighted by atomic mass is 9.98. The van der Waals surface area contributed by atoms with Crippen LogP contribution in [-0.2, 0) is 25.8 Å². The fraction of sp³-hybridized carbons (Fsp3) is 0.216. The van der Waals surface area contributed by atoms with Crippen molar-refractivity contribution < 1.29 is 28.0 Å².